The van der Waals surface area contributed by atoms with E-state index in [0.717, 1.165) is 12.1 Å². The van der Waals surface area contributed by atoms with Gasteiger partial charge < -0.3 is 9.47 Å². The highest BCUT2D eigenvalue weighted by Crippen LogP contribution is 2.30. The molecule has 0 fully saturated rings. The average molecular weight is 279 g/mol. The molecule has 0 aliphatic carbocycles. The van der Waals surface area contributed by atoms with E-state index in [1.807, 2.05) is 6.07 Å². The van der Waals surface area contributed by atoms with Crippen LogP contribution in [0.25, 0.3) is 0 Å². The van der Waals surface area contributed by atoms with Gasteiger partial charge in [-0.05, 0) is 24.3 Å². The number of hydrogen-bond donors (Lipinski definition) is 0. The van der Waals surface area contributed by atoms with Gasteiger partial charge in [-0.15, -0.1) is 13.2 Å². The Morgan fingerprint density at radius 1 is 0.950 bits per heavy atom. The number of benzene rings is 2. The number of rotatable bonds is 3. The molecule has 0 atom stereocenters. The Kier molecular flexibility index (Phi) is 3.80. The lowest BCUT2D eigenvalue weighted by Crippen LogP contribution is -2.17. The number of para-hydroxylation sites is 1. The first-order valence-corrected chi connectivity index (χ1v) is 5.51. The zero-order chi connectivity index (χ0) is 14.6. The lowest BCUT2D eigenvalue weighted by molar-refractivity contribution is -0.274. The summed E-state index contributed by atoms with van der Waals surface area (Å²) in [5, 5.41) is 8.90. The zero-order valence-corrected chi connectivity index (χ0v) is 10.0. The molecular formula is C14H8F3NO2. The van der Waals surface area contributed by atoms with Crippen molar-refractivity contribution in [3.8, 4) is 23.3 Å². The van der Waals surface area contributed by atoms with Gasteiger partial charge in [-0.1, -0.05) is 18.2 Å². The summed E-state index contributed by atoms with van der Waals surface area (Å²) in [6.07, 6.45) is -4.76. The summed E-state index contributed by atoms with van der Waals surface area (Å²) in [5.41, 5.74) is 0.287. The smallest absolute Gasteiger partial charge is 0.456 e. The van der Waals surface area contributed by atoms with Crippen LogP contribution in [0.5, 0.6) is 17.2 Å². The average Bonchev–Trinajstić information content (AvgIpc) is 2.38. The van der Waals surface area contributed by atoms with Crippen LogP contribution in [0.1, 0.15) is 5.56 Å². The molecule has 102 valence electrons. The van der Waals surface area contributed by atoms with Gasteiger partial charge in [-0.3, -0.25) is 0 Å². The van der Waals surface area contributed by atoms with E-state index in [-0.39, 0.29) is 22.8 Å². The van der Waals surface area contributed by atoms with Crippen LogP contribution in [0.2, 0.25) is 0 Å². The molecule has 0 saturated heterocycles. The molecule has 0 amide bonds. The van der Waals surface area contributed by atoms with Crippen molar-refractivity contribution in [3.05, 3.63) is 54.1 Å². The van der Waals surface area contributed by atoms with Crippen molar-refractivity contribution in [1.82, 2.24) is 0 Å². The van der Waals surface area contributed by atoms with E-state index in [2.05, 4.69) is 4.74 Å². The molecule has 0 aliphatic rings. The first-order chi connectivity index (χ1) is 9.48. The second-order valence-electron chi connectivity index (χ2n) is 3.73. The SMILES string of the molecule is N#Cc1ccccc1Oc1cccc(OC(F)(F)F)c1. The maximum absolute atomic E-state index is 12.1. The molecule has 3 nitrogen and oxygen atoms in total. The van der Waals surface area contributed by atoms with Crippen molar-refractivity contribution in [2.24, 2.45) is 0 Å². The molecule has 0 N–H and O–H groups in total. The first-order valence-electron chi connectivity index (χ1n) is 5.51. The molecule has 0 bridgehead atoms. The van der Waals surface area contributed by atoms with Crippen molar-refractivity contribution in [2.45, 2.75) is 6.36 Å². The summed E-state index contributed by atoms with van der Waals surface area (Å²) in [7, 11) is 0. The molecule has 0 aliphatic heterocycles. The van der Waals surface area contributed by atoms with Gasteiger partial charge in [0.25, 0.3) is 0 Å². The van der Waals surface area contributed by atoms with Crippen LogP contribution >= 0.6 is 0 Å². The van der Waals surface area contributed by atoms with Crippen LogP contribution in [-0.2, 0) is 0 Å². The minimum atomic E-state index is -4.76. The Bertz CT molecular complexity index is 647. The number of halogens is 3. The largest absolute Gasteiger partial charge is 0.573 e. The Morgan fingerprint density at radius 3 is 2.35 bits per heavy atom. The summed E-state index contributed by atoms with van der Waals surface area (Å²) in [6.45, 7) is 0. The van der Waals surface area contributed by atoms with Gasteiger partial charge in [0.05, 0.1) is 5.56 Å². The summed E-state index contributed by atoms with van der Waals surface area (Å²) < 4.78 is 45.5. The molecule has 0 radical (unpaired) electrons. The molecule has 0 spiro atoms. The fourth-order valence-electron chi connectivity index (χ4n) is 1.51. The zero-order valence-electron chi connectivity index (χ0n) is 10.0. The van der Waals surface area contributed by atoms with Crippen LogP contribution < -0.4 is 9.47 Å². The predicted molar refractivity (Wildman–Crippen MR) is 64.4 cm³/mol. The highest BCUT2D eigenvalue weighted by atomic mass is 19.4. The third kappa shape index (κ3) is 3.65. The van der Waals surface area contributed by atoms with Crippen LogP contribution in [0.15, 0.2) is 48.5 Å². The molecule has 0 aromatic heterocycles. The normalized spacial score (nSPS) is 10.7. The van der Waals surface area contributed by atoms with Gasteiger partial charge in [0.15, 0.2) is 0 Å². The Hall–Kier alpha value is -2.68. The van der Waals surface area contributed by atoms with E-state index in [9.17, 15) is 13.2 Å². The fourth-order valence-corrected chi connectivity index (χ4v) is 1.51. The highest BCUT2D eigenvalue weighted by Gasteiger charge is 2.31. The third-order valence-corrected chi connectivity index (χ3v) is 2.27. The van der Waals surface area contributed by atoms with Crippen LogP contribution in [0.4, 0.5) is 13.2 Å². The fraction of sp³-hybridized carbons (Fsp3) is 0.0714. The van der Waals surface area contributed by atoms with Gasteiger partial charge >= 0.3 is 6.36 Å². The molecule has 0 saturated carbocycles. The van der Waals surface area contributed by atoms with Crippen LogP contribution in [-0.4, -0.2) is 6.36 Å². The summed E-state index contributed by atoms with van der Waals surface area (Å²) in [6, 6.07) is 13.4. The first kappa shape index (κ1) is 13.7. The van der Waals surface area contributed by atoms with Gasteiger partial charge in [-0.25, -0.2) is 0 Å². The standard InChI is InChI=1S/C14H8F3NO2/c15-14(16,17)20-12-6-3-5-11(8-12)19-13-7-2-1-4-10(13)9-18/h1-8H. The van der Waals surface area contributed by atoms with E-state index in [0.29, 0.717) is 0 Å². The van der Waals surface area contributed by atoms with Crippen molar-refractivity contribution in [2.75, 3.05) is 0 Å². The van der Waals surface area contributed by atoms with E-state index in [1.54, 1.807) is 24.3 Å². The second-order valence-corrected chi connectivity index (χ2v) is 3.73. The van der Waals surface area contributed by atoms with E-state index in [1.165, 1.54) is 12.1 Å². The van der Waals surface area contributed by atoms with Gasteiger partial charge in [-0.2, -0.15) is 5.26 Å². The van der Waals surface area contributed by atoms with Crippen LogP contribution in [0, 0.1) is 11.3 Å². The summed E-state index contributed by atoms with van der Waals surface area (Å²) in [5.74, 6) is 0.0260. The maximum Gasteiger partial charge on any atom is 0.573 e. The van der Waals surface area contributed by atoms with Gasteiger partial charge in [0.1, 0.15) is 23.3 Å². The molecule has 2 rings (SSSR count). The third-order valence-electron chi connectivity index (χ3n) is 2.27. The monoisotopic (exact) mass is 279 g/mol. The van der Waals surface area contributed by atoms with E-state index < -0.39 is 6.36 Å². The molecule has 2 aromatic carbocycles. The molecule has 0 unspecified atom stereocenters. The van der Waals surface area contributed by atoms with Crippen LogP contribution in [0.3, 0.4) is 0 Å². The second kappa shape index (κ2) is 5.53. The predicted octanol–water partition coefficient (Wildman–Crippen LogP) is 4.25. The molecular weight excluding hydrogens is 271 g/mol. The topological polar surface area (TPSA) is 42.2 Å². The number of hydrogen-bond acceptors (Lipinski definition) is 3. The lowest BCUT2D eigenvalue weighted by atomic mass is 10.2. The van der Waals surface area contributed by atoms with Gasteiger partial charge in [0, 0.05) is 6.07 Å². The number of nitrogens with zero attached hydrogens (tertiary/aromatic N) is 1. The summed E-state index contributed by atoms with van der Waals surface area (Å²) >= 11 is 0. The minimum Gasteiger partial charge on any atom is -0.456 e. The number of alkyl halides is 3. The number of nitriles is 1. The Balaban J connectivity index is 2.22. The quantitative estimate of drug-likeness (QED) is 0.843. The van der Waals surface area contributed by atoms with Crippen molar-refractivity contribution >= 4 is 0 Å². The van der Waals surface area contributed by atoms with Crippen molar-refractivity contribution < 1.29 is 22.6 Å². The molecule has 0 heterocycles. The number of ether oxygens (including phenoxy) is 2. The Morgan fingerprint density at radius 2 is 1.65 bits per heavy atom. The highest BCUT2D eigenvalue weighted by molar-refractivity contribution is 5.45. The molecule has 2 aromatic rings. The maximum atomic E-state index is 12.1. The summed E-state index contributed by atoms with van der Waals surface area (Å²) in [4.78, 5) is 0. The Labute approximate surface area is 112 Å². The van der Waals surface area contributed by atoms with Crippen molar-refractivity contribution in [1.29, 1.82) is 5.26 Å². The van der Waals surface area contributed by atoms with Gasteiger partial charge in [0.2, 0.25) is 0 Å². The van der Waals surface area contributed by atoms with Crippen molar-refractivity contribution in [3.63, 3.8) is 0 Å². The molecule has 20 heavy (non-hydrogen) atoms. The molecule has 6 heteroatoms. The van der Waals surface area contributed by atoms with E-state index >= 15 is 0 Å². The lowest BCUT2D eigenvalue weighted by Gasteiger charge is -2.11. The minimum absolute atomic E-state index is 0.148. The van der Waals surface area contributed by atoms with E-state index in [4.69, 9.17) is 10.00 Å².